The SMILES string of the molecule is Cc1ccc(-c2cc(C(=O)Nc3sc4c(c3C(=O)NCc3ccco3)CCCC4)no2)cc1. The summed E-state index contributed by atoms with van der Waals surface area (Å²) in [6.45, 7) is 2.29. The zero-order valence-corrected chi connectivity index (χ0v) is 19.0. The van der Waals surface area contributed by atoms with E-state index < -0.39 is 5.91 Å². The van der Waals surface area contributed by atoms with E-state index in [4.69, 9.17) is 8.94 Å². The molecule has 1 aliphatic rings. The Balaban J connectivity index is 1.37. The number of carbonyl (C=O) groups is 2. The number of rotatable bonds is 6. The highest BCUT2D eigenvalue weighted by Crippen LogP contribution is 2.38. The van der Waals surface area contributed by atoms with Crippen LogP contribution in [0.2, 0.25) is 0 Å². The van der Waals surface area contributed by atoms with E-state index in [1.807, 2.05) is 37.3 Å². The molecule has 7 nitrogen and oxygen atoms in total. The van der Waals surface area contributed by atoms with Gasteiger partial charge >= 0.3 is 0 Å². The van der Waals surface area contributed by atoms with E-state index in [9.17, 15) is 9.59 Å². The molecule has 3 heterocycles. The maximum Gasteiger partial charge on any atom is 0.278 e. The predicted octanol–water partition coefficient (Wildman–Crippen LogP) is 5.37. The molecule has 0 bridgehead atoms. The van der Waals surface area contributed by atoms with Gasteiger partial charge in [0.25, 0.3) is 11.8 Å². The summed E-state index contributed by atoms with van der Waals surface area (Å²) in [5.41, 5.74) is 3.71. The maximum absolute atomic E-state index is 13.1. The van der Waals surface area contributed by atoms with Gasteiger partial charge in [0.2, 0.25) is 0 Å². The first kappa shape index (κ1) is 21.2. The van der Waals surface area contributed by atoms with Crippen LogP contribution in [0.1, 0.15) is 55.5 Å². The number of furan rings is 1. The molecule has 0 saturated carbocycles. The van der Waals surface area contributed by atoms with E-state index in [1.165, 1.54) is 11.3 Å². The first-order valence-corrected chi connectivity index (χ1v) is 11.7. The first-order chi connectivity index (χ1) is 16.1. The van der Waals surface area contributed by atoms with Gasteiger partial charge in [-0.15, -0.1) is 11.3 Å². The Morgan fingerprint density at radius 3 is 2.70 bits per heavy atom. The minimum atomic E-state index is -0.407. The van der Waals surface area contributed by atoms with Gasteiger partial charge in [-0.1, -0.05) is 35.0 Å². The van der Waals surface area contributed by atoms with E-state index in [0.29, 0.717) is 22.1 Å². The zero-order chi connectivity index (χ0) is 22.8. The number of thiophene rings is 1. The van der Waals surface area contributed by atoms with E-state index in [-0.39, 0.29) is 18.1 Å². The van der Waals surface area contributed by atoms with E-state index in [0.717, 1.165) is 47.3 Å². The Morgan fingerprint density at radius 1 is 1.09 bits per heavy atom. The van der Waals surface area contributed by atoms with Crippen molar-refractivity contribution in [2.75, 3.05) is 5.32 Å². The van der Waals surface area contributed by atoms with Crippen LogP contribution in [0, 0.1) is 6.92 Å². The number of aryl methyl sites for hydroxylation is 2. The van der Waals surface area contributed by atoms with Gasteiger partial charge in [0, 0.05) is 16.5 Å². The molecule has 1 aliphatic carbocycles. The second-order valence-electron chi connectivity index (χ2n) is 8.07. The zero-order valence-electron chi connectivity index (χ0n) is 18.1. The molecule has 5 rings (SSSR count). The van der Waals surface area contributed by atoms with Gasteiger partial charge in [-0.3, -0.25) is 9.59 Å². The lowest BCUT2D eigenvalue weighted by atomic mass is 9.95. The third-order valence-corrected chi connectivity index (χ3v) is 6.91. The molecule has 0 radical (unpaired) electrons. The van der Waals surface area contributed by atoms with Crippen molar-refractivity contribution in [1.29, 1.82) is 0 Å². The number of nitrogens with zero attached hydrogens (tertiary/aromatic N) is 1. The molecule has 0 fully saturated rings. The molecular weight excluding hydrogens is 438 g/mol. The van der Waals surface area contributed by atoms with Crippen LogP contribution in [-0.2, 0) is 19.4 Å². The molecular formula is C25H23N3O4S. The topological polar surface area (TPSA) is 97.4 Å². The summed E-state index contributed by atoms with van der Waals surface area (Å²) < 4.78 is 10.7. The Bertz CT molecular complexity index is 1290. The normalized spacial score (nSPS) is 12.9. The lowest BCUT2D eigenvalue weighted by Gasteiger charge is -2.13. The molecule has 3 aromatic heterocycles. The van der Waals surface area contributed by atoms with E-state index >= 15 is 0 Å². The Kier molecular flexibility index (Phi) is 5.83. The number of aromatic nitrogens is 1. The Morgan fingerprint density at radius 2 is 1.91 bits per heavy atom. The van der Waals surface area contributed by atoms with E-state index in [1.54, 1.807) is 18.4 Å². The van der Waals surface area contributed by atoms with Gasteiger partial charge in [-0.05, 0) is 50.3 Å². The fourth-order valence-electron chi connectivity index (χ4n) is 3.97. The van der Waals surface area contributed by atoms with Gasteiger partial charge in [0.15, 0.2) is 11.5 Å². The largest absolute Gasteiger partial charge is 0.467 e. The van der Waals surface area contributed by atoms with Crippen molar-refractivity contribution >= 4 is 28.2 Å². The average Bonchev–Trinajstić information content (AvgIpc) is 3.57. The molecule has 0 aliphatic heterocycles. The summed E-state index contributed by atoms with van der Waals surface area (Å²) >= 11 is 1.47. The van der Waals surface area contributed by atoms with Crippen molar-refractivity contribution in [2.45, 2.75) is 39.2 Å². The molecule has 2 N–H and O–H groups in total. The number of amides is 2. The van der Waals surface area contributed by atoms with Gasteiger partial charge < -0.3 is 19.6 Å². The molecule has 0 saturated heterocycles. The summed E-state index contributed by atoms with van der Waals surface area (Å²) in [5, 5.41) is 10.3. The highest BCUT2D eigenvalue weighted by Gasteiger charge is 2.27. The molecule has 2 amide bonds. The number of nitrogens with one attached hydrogen (secondary N) is 2. The maximum atomic E-state index is 13.1. The third-order valence-electron chi connectivity index (χ3n) is 5.71. The summed E-state index contributed by atoms with van der Waals surface area (Å²) in [7, 11) is 0. The van der Waals surface area contributed by atoms with Crippen LogP contribution in [0.5, 0.6) is 0 Å². The van der Waals surface area contributed by atoms with Gasteiger partial charge in [-0.25, -0.2) is 0 Å². The van der Waals surface area contributed by atoms with Crippen LogP contribution >= 0.6 is 11.3 Å². The molecule has 0 spiro atoms. The second kappa shape index (κ2) is 9.07. The molecule has 0 unspecified atom stereocenters. The van der Waals surface area contributed by atoms with Crippen LogP contribution in [0.4, 0.5) is 5.00 Å². The van der Waals surface area contributed by atoms with Crippen molar-refractivity contribution in [2.24, 2.45) is 0 Å². The molecule has 168 valence electrons. The van der Waals surface area contributed by atoms with Crippen LogP contribution in [0.25, 0.3) is 11.3 Å². The van der Waals surface area contributed by atoms with Crippen LogP contribution in [0.3, 0.4) is 0 Å². The highest BCUT2D eigenvalue weighted by atomic mass is 32.1. The van der Waals surface area contributed by atoms with E-state index in [2.05, 4.69) is 15.8 Å². The van der Waals surface area contributed by atoms with Gasteiger partial charge in [0.05, 0.1) is 18.4 Å². The predicted molar refractivity (Wildman–Crippen MR) is 125 cm³/mol. The molecule has 1 aromatic carbocycles. The van der Waals surface area contributed by atoms with Crippen molar-refractivity contribution < 1.29 is 18.5 Å². The van der Waals surface area contributed by atoms with Crippen LogP contribution in [-0.4, -0.2) is 17.0 Å². The van der Waals surface area contributed by atoms with Crippen molar-refractivity contribution in [3.63, 3.8) is 0 Å². The summed E-state index contributed by atoms with van der Waals surface area (Å²) in [5.74, 6) is 0.559. The van der Waals surface area contributed by atoms with Crippen molar-refractivity contribution in [1.82, 2.24) is 10.5 Å². The molecule has 8 heteroatoms. The van der Waals surface area contributed by atoms with Gasteiger partial charge in [0.1, 0.15) is 10.8 Å². The number of anilines is 1. The fraction of sp³-hybridized carbons (Fsp3) is 0.240. The minimum Gasteiger partial charge on any atom is -0.467 e. The van der Waals surface area contributed by atoms with Crippen LogP contribution < -0.4 is 10.6 Å². The molecule has 0 atom stereocenters. The summed E-state index contributed by atoms with van der Waals surface area (Å²) in [6, 6.07) is 13.0. The minimum absolute atomic E-state index is 0.166. The lowest BCUT2D eigenvalue weighted by Crippen LogP contribution is -2.25. The van der Waals surface area contributed by atoms with Crippen molar-refractivity contribution in [3.05, 3.63) is 81.7 Å². The third kappa shape index (κ3) is 4.47. The molecule has 4 aromatic rings. The summed E-state index contributed by atoms with van der Waals surface area (Å²) in [6.07, 6.45) is 5.42. The second-order valence-corrected chi connectivity index (χ2v) is 9.18. The average molecular weight is 462 g/mol. The fourth-order valence-corrected chi connectivity index (χ4v) is 5.25. The highest BCUT2D eigenvalue weighted by molar-refractivity contribution is 7.17. The Hall–Kier alpha value is -3.65. The monoisotopic (exact) mass is 461 g/mol. The number of carbonyl (C=O) groups excluding carboxylic acids is 2. The van der Waals surface area contributed by atoms with Crippen LogP contribution in [0.15, 0.2) is 57.7 Å². The molecule has 33 heavy (non-hydrogen) atoms. The quantitative estimate of drug-likeness (QED) is 0.403. The Labute approximate surface area is 194 Å². The lowest BCUT2D eigenvalue weighted by molar-refractivity contribution is 0.0948. The van der Waals surface area contributed by atoms with Gasteiger partial charge in [-0.2, -0.15) is 0 Å². The smallest absolute Gasteiger partial charge is 0.278 e. The number of hydrogen-bond donors (Lipinski definition) is 2. The summed E-state index contributed by atoms with van der Waals surface area (Å²) in [4.78, 5) is 27.2. The number of fused-ring (bicyclic) bond motifs is 1. The first-order valence-electron chi connectivity index (χ1n) is 10.9. The number of hydrogen-bond acceptors (Lipinski definition) is 6. The van der Waals surface area contributed by atoms with Crippen molar-refractivity contribution in [3.8, 4) is 11.3 Å². The standard InChI is InChI=1S/C25H23N3O4S/c1-15-8-10-16(11-9-15)20-13-19(28-32-20)23(29)27-25-22(18-6-2-3-7-21(18)33-25)24(30)26-14-17-5-4-12-31-17/h4-5,8-13H,2-3,6-7,14H2,1H3,(H,26,30)(H,27,29). The number of benzene rings is 1.